The number of nitrogens with zero attached hydrogens (tertiary/aromatic N) is 4. The highest BCUT2D eigenvalue weighted by molar-refractivity contribution is 5.75. The Kier molecular flexibility index (Phi) is 5.25. The van der Waals surface area contributed by atoms with Crippen molar-refractivity contribution in [1.82, 2.24) is 24.5 Å². The van der Waals surface area contributed by atoms with Crippen molar-refractivity contribution >= 4 is 11.6 Å². The van der Waals surface area contributed by atoms with Crippen molar-refractivity contribution in [3.05, 3.63) is 88.4 Å². The van der Waals surface area contributed by atoms with E-state index in [-0.39, 0.29) is 24.0 Å². The summed E-state index contributed by atoms with van der Waals surface area (Å²) in [6.07, 6.45) is 2.82. The number of nitrogens with one attached hydrogen (secondary N) is 1. The largest absolute Gasteiger partial charge is 0.436 e. The van der Waals surface area contributed by atoms with Crippen LogP contribution >= 0.6 is 0 Å². The third-order valence-electron chi connectivity index (χ3n) is 4.40. The molecule has 4 rings (SSSR count). The molecule has 0 bridgehead atoms. The van der Waals surface area contributed by atoms with Gasteiger partial charge in [-0.25, -0.2) is 23.3 Å². The molecule has 2 heterocycles. The second-order valence-corrected chi connectivity index (χ2v) is 6.68. The van der Waals surface area contributed by atoms with Crippen molar-refractivity contribution in [2.75, 3.05) is 0 Å². The molecular weight excluding hydrogens is 389 g/mol. The number of benzene rings is 2. The van der Waals surface area contributed by atoms with Gasteiger partial charge in [-0.3, -0.25) is 4.79 Å². The van der Waals surface area contributed by atoms with E-state index in [1.54, 1.807) is 0 Å². The first-order chi connectivity index (χ1) is 14.5. The molecule has 1 N–H and O–H groups in total. The van der Waals surface area contributed by atoms with Crippen LogP contribution in [0.15, 0.2) is 65.7 Å². The van der Waals surface area contributed by atoms with Crippen molar-refractivity contribution in [1.29, 1.82) is 0 Å². The summed E-state index contributed by atoms with van der Waals surface area (Å²) in [4.78, 5) is 29.0. The molecule has 2 aromatic carbocycles. The SMILES string of the molecule is Cc1ccc(CNC(=O)Cn2nc3c(Oc4ccc(F)cc4)nccn3c2=O)cc1. The molecule has 8 nitrogen and oxygen atoms in total. The summed E-state index contributed by atoms with van der Waals surface area (Å²) in [6.45, 7) is 2.09. The van der Waals surface area contributed by atoms with Crippen molar-refractivity contribution in [2.24, 2.45) is 0 Å². The zero-order valence-electron chi connectivity index (χ0n) is 16.1. The molecule has 0 saturated heterocycles. The molecule has 9 heteroatoms. The van der Waals surface area contributed by atoms with Gasteiger partial charge in [0.1, 0.15) is 18.1 Å². The summed E-state index contributed by atoms with van der Waals surface area (Å²) in [6, 6.07) is 13.2. The Balaban J connectivity index is 1.51. The average Bonchev–Trinajstić information content (AvgIpc) is 3.06. The molecule has 4 aromatic rings. The smallest absolute Gasteiger partial charge is 0.351 e. The van der Waals surface area contributed by atoms with Crippen LogP contribution in [0, 0.1) is 12.7 Å². The van der Waals surface area contributed by atoms with Gasteiger partial charge in [0.2, 0.25) is 11.6 Å². The minimum absolute atomic E-state index is 0.0695. The third-order valence-corrected chi connectivity index (χ3v) is 4.40. The molecule has 0 atom stereocenters. The lowest BCUT2D eigenvalue weighted by Crippen LogP contribution is -2.32. The maximum atomic E-state index is 13.1. The maximum absolute atomic E-state index is 13.1. The number of aromatic nitrogens is 4. The van der Waals surface area contributed by atoms with E-state index in [1.807, 2.05) is 31.2 Å². The summed E-state index contributed by atoms with van der Waals surface area (Å²) < 4.78 is 21.0. The van der Waals surface area contributed by atoms with Crippen molar-refractivity contribution in [3.63, 3.8) is 0 Å². The highest BCUT2D eigenvalue weighted by atomic mass is 19.1. The second-order valence-electron chi connectivity index (χ2n) is 6.68. The fourth-order valence-electron chi connectivity index (χ4n) is 2.81. The Bertz CT molecular complexity index is 1250. The number of hydrogen-bond acceptors (Lipinski definition) is 5. The quantitative estimate of drug-likeness (QED) is 0.530. The molecule has 0 fully saturated rings. The Labute approximate surface area is 170 Å². The van der Waals surface area contributed by atoms with Crippen LogP contribution in [0.2, 0.25) is 0 Å². The van der Waals surface area contributed by atoms with Crippen molar-refractivity contribution < 1.29 is 13.9 Å². The number of carbonyl (C=O) groups excluding carboxylic acids is 1. The van der Waals surface area contributed by atoms with Gasteiger partial charge in [0.05, 0.1) is 0 Å². The average molecular weight is 407 g/mol. The van der Waals surface area contributed by atoms with Crippen LogP contribution in [0.1, 0.15) is 11.1 Å². The zero-order valence-corrected chi connectivity index (χ0v) is 16.1. The van der Waals surface area contributed by atoms with Gasteiger partial charge in [0.15, 0.2) is 0 Å². The lowest BCUT2D eigenvalue weighted by molar-refractivity contribution is -0.122. The van der Waals surface area contributed by atoms with Crippen LogP contribution < -0.4 is 15.7 Å². The fourth-order valence-corrected chi connectivity index (χ4v) is 2.81. The van der Waals surface area contributed by atoms with Crippen LogP contribution in [0.4, 0.5) is 4.39 Å². The van der Waals surface area contributed by atoms with E-state index in [0.29, 0.717) is 12.3 Å². The van der Waals surface area contributed by atoms with Crippen LogP contribution in [-0.2, 0) is 17.9 Å². The van der Waals surface area contributed by atoms with Crippen LogP contribution in [0.3, 0.4) is 0 Å². The Morgan fingerprint density at radius 2 is 1.87 bits per heavy atom. The number of ether oxygens (including phenoxy) is 1. The molecule has 152 valence electrons. The van der Waals surface area contributed by atoms with Gasteiger partial charge in [-0.05, 0) is 36.8 Å². The standard InChI is InChI=1S/C21H18FN5O3/c1-14-2-4-15(5-3-14)12-24-18(28)13-27-21(29)26-11-10-23-20(19(26)25-27)30-17-8-6-16(22)7-9-17/h2-11H,12-13H2,1H3,(H,24,28). The molecule has 30 heavy (non-hydrogen) atoms. The number of aryl methyl sites for hydroxylation is 1. The highest BCUT2D eigenvalue weighted by Crippen LogP contribution is 2.22. The van der Waals surface area contributed by atoms with E-state index in [4.69, 9.17) is 4.74 Å². The lowest BCUT2D eigenvalue weighted by atomic mass is 10.1. The molecule has 0 aliphatic carbocycles. The van der Waals surface area contributed by atoms with Gasteiger partial charge < -0.3 is 10.1 Å². The molecular formula is C21H18FN5O3. The van der Waals surface area contributed by atoms with E-state index in [1.165, 1.54) is 41.1 Å². The number of amides is 1. The first-order valence-electron chi connectivity index (χ1n) is 9.19. The van der Waals surface area contributed by atoms with E-state index in [9.17, 15) is 14.0 Å². The molecule has 0 unspecified atom stereocenters. The topological polar surface area (TPSA) is 90.5 Å². The minimum atomic E-state index is -0.498. The number of carbonyl (C=O) groups is 1. The van der Waals surface area contributed by atoms with Gasteiger partial charge in [0.25, 0.3) is 5.88 Å². The number of hydrogen-bond donors (Lipinski definition) is 1. The van der Waals surface area contributed by atoms with Crippen molar-refractivity contribution in [3.8, 4) is 11.6 Å². The molecule has 2 aromatic heterocycles. The van der Waals surface area contributed by atoms with Crippen LogP contribution in [-0.4, -0.2) is 25.1 Å². The minimum Gasteiger partial charge on any atom is -0.436 e. The predicted molar refractivity (Wildman–Crippen MR) is 107 cm³/mol. The fraction of sp³-hybridized carbons (Fsp3) is 0.143. The van der Waals surface area contributed by atoms with Gasteiger partial charge >= 0.3 is 5.69 Å². The van der Waals surface area contributed by atoms with Crippen molar-refractivity contribution in [2.45, 2.75) is 20.0 Å². The molecule has 1 amide bonds. The van der Waals surface area contributed by atoms with Gasteiger partial charge in [0, 0.05) is 18.9 Å². The van der Waals surface area contributed by atoms with Gasteiger partial charge in [-0.2, -0.15) is 0 Å². The second kappa shape index (κ2) is 8.16. The number of halogens is 1. The molecule has 0 aliphatic rings. The summed E-state index contributed by atoms with van der Waals surface area (Å²) in [5.41, 5.74) is 1.74. The molecule has 0 aliphatic heterocycles. The Hall–Kier alpha value is -4.01. The Morgan fingerprint density at radius 3 is 2.60 bits per heavy atom. The summed E-state index contributed by atoms with van der Waals surface area (Å²) in [5, 5.41) is 6.95. The monoisotopic (exact) mass is 407 g/mol. The van der Waals surface area contributed by atoms with E-state index >= 15 is 0 Å². The van der Waals surface area contributed by atoms with E-state index in [0.717, 1.165) is 15.8 Å². The van der Waals surface area contributed by atoms with E-state index in [2.05, 4.69) is 15.4 Å². The van der Waals surface area contributed by atoms with Gasteiger partial charge in [-0.1, -0.05) is 29.8 Å². The first-order valence-corrected chi connectivity index (χ1v) is 9.19. The Morgan fingerprint density at radius 1 is 1.13 bits per heavy atom. The highest BCUT2D eigenvalue weighted by Gasteiger charge is 2.15. The van der Waals surface area contributed by atoms with Crippen LogP contribution in [0.5, 0.6) is 11.6 Å². The van der Waals surface area contributed by atoms with Gasteiger partial charge in [-0.15, -0.1) is 5.10 Å². The molecule has 0 radical (unpaired) electrons. The zero-order chi connectivity index (χ0) is 21.1. The van der Waals surface area contributed by atoms with E-state index < -0.39 is 11.5 Å². The summed E-state index contributed by atoms with van der Waals surface area (Å²) >= 11 is 0. The number of rotatable bonds is 6. The molecule has 0 spiro atoms. The maximum Gasteiger partial charge on any atom is 0.351 e. The third kappa shape index (κ3) is 4.19. The van der Waals surface area contributed by atoms with Crippen LogP contribution in [0.25, 0.3) is 5.65 Å². The lowest BCUT2D eigenvalue weighted by Gasteiger charge is -2.05. The normalized spacial score (nSPS) is 10.9. The summed E-state index contributed by atoms with van der Waals surface area (Å²) in [7, 11) is 0. The summed E-state index contributed by atoms with van der Waals surface area (Å²) in [5.74, 6) is -0.337. The number of fused-ring (bicyclic) bond motifs is 1. The first kappa shape index (κ1) is 19.3. The molecule has 0 saturated carbocycles. The predicted octanol–water partition coefficient (Wildman–Crippen LogP) is 2.45.